The molecule has 2 aromatic heterocycles. The average Bonchev–Trinajstić information content (AvgIpc) is 2.81. The van der Waals surface area contributed by atoms with E-state index in [1.165, 1.54) is 59.3 Å². The summed E-state index contributed by atoms with van der Waals surface area (Å²) in [5.74, 6) is -0.268. The molecule has 0 unspecified atom stereocenters. The van der Waals surface area contributed by atoms with Gasteiger partial charge in [0.05, 0.1) is 21.2 Å². The number of pyridine rings is 2. The van der Waals surface area contributed by atoms with Crippen molar-refractivity contribution in [3.8, 4) is 5.69 Å². The van der Waals surface area contributed by atoms with Crippen molar-refractivity contribution in [3.63, 3.8) is 0 Å². The molecule has 4 aromatic rings. The van der Waals surface area contributed by atoms with Crippen LogP contribution >= 0.6 is 11.6 Å². The van der Waals surface area contributed by atoms with E-state index < -0.39 is 15.9 Å². The van der Waals surface area contributed by atoms with Gasteiger partial charge in [-0.1, -0.05) is 29.8 Å². The van der Waals surface area contributed by atoms with Crippen molar-refractivity contribution in [2.75, 3.05) is 10.0 Å². The first-order chi connectivity index (χ1) is 15.8. The Morgan fingerprint density at radius 1 is 0.909 bits per heavy atom. The predicted octanol–water partition coefficient (Wildman–Crippen LogP) is 3.94. The fraction of sp³-hybridized carbons (Fsp3) is 0. The lowest BCUT2D eigenvalue weighted by atomic mass is 10.1. The van der Waals surface area contributed by atoms with Crippen LogP contribution in [0.25, 0.3) is 5.69 Å². The Morgan fingerprint density at radius 2 is 1.64 bits per heavy atom. The number of halogens is 1. The van der Waals surface area contributed by atoms with Gasteiger partial charge in [0.2, 0.25) is 0 Å². The van der Waals surface area contributed by atoms with Gasteiger partial charge in [0.15, 0.2) is 0 Å². The number of amides is 1. The van der Waals surface area contributed by atoms with Gasteiger partial charge in [-0.25, -0.2) is 13.4 Å². The van der Waals surface area contributed by atoms with Gasteiger partial charge in [0.25, 0.3) is 21.5 Å². The highest BCUT2D eigenvalue weighted by Crippen LogP contribution is 2.22. The summed E-state index contributed by atoms with van der Waals surface area (Å²) in [6.45, 7) is 0. The van der Waals surface area contributed by atoms with Crippen LogP contribution in [0.2, 0.25) is 5.02 Å². The Morgan fingerprint density at radius 3 is 2.33 bits per heavy atom. The second-order valence-electron chi connectivity index (χ2n) is 6.87. The lowest BCUT2D eigenvalue weighted by Crippen LogP contribution is -2.19. The van der Waals surface area contributed by atoms with Crippen LogP contribution < -0.4 is 15.6 Å². The van der Waals surface area contributed by atoms with Crippen LogP contribution in [-0.2, 0) is 10.0 Å². The first kappa shape index (κ1) is 22.3. The van der Waals surface area contributed by atoms with E-state index in [4.69, 9.17) is 11.6 Å². The van der Waals surface area contributed by atoms with Crippen molar-refractivity contribution in [2.45, 2.75) is 4.90 Å². The van der Waals surface area contributed by atoms with Gasteiger partial charge in [-0.2, -0.15) is 0 Å². The maximum Gasteiger partial charge on any atom is 0.261 e. The number of anilines is 2. The number of carbonyl (C=O) groups is 1. The molecule has 8 nitrogen and oxygen atoms in total. The summed E-state index contributed by atoms with van der Waals surface area (Å²) in [7, 11) is -4.01. The topological polar surface area (TPSA) is 110 Å². The summed E-state index contributed by atoms with van der Waals surface area (Å²) >= 11 is 5.80. The minimum absolute atomic E-state index is 0.0233. The van der Waals surface area contributed by atoms with E-state index in [0.717, 1.165) is 0 Å². The molecule has 33 heavy (non-hydrogen) atoms. The Bertz CT molecular complexity index is 1470. The average molecular weight is 481 g/mol. The Balaban J connectivity index is 1.57. The molecule has 2 N–H and O–H groups in total. The van der Waals surface area contributed by atoms with Gasteiger partial charge in [-0.15, -0.1) is 0 Å². The normalized spacial score (nSPS) is 11.1. The maximum atomic E-state index is 12.9. The van der Waals surface area contributed by atoms with Crippen LogP contribution in [0.15, 0.2) is 101 Å². The zero-order valence-corrected chi connectivity index (χ0v) is 18.5. The first-order valence-corrected chi connectivity index (χ1v) is 11.5. The van der Waals surface area contributed by atoms with Gasteiger partial charge in [-0.05, 0) is 54.6 Å². The highest BCUT2D eigenvalue weighted by atomic mass is 35.5. The van der Waals surface area contributed by atoms with Crippen LogP contribution in [0.5, 0.6) is 0 Å². The summed E-state index contributed by atoms with van der Waals surface area (Å²) in [5, 5.41) is 3.03. The second-order valence-corrected chi connectivity index (χ2v) is 8.99. The van der Waals surface area contributed by atoms with E-state index in [-0.39, 0.29) is 27.5 Å². The van der Waals surface area contributed by atoms with Crippen molar-refractivity contribution < 1.29 is 13.2 Å². The lowest BCUT2D eigenvalue weighted by molar-refractivity contribution is 0.102. The molecule has 0 atom stereocenters. The molecule has 1 amide bonds. The third-order valence-corrected chi connectivity index (χ3v) is 6.24. The Hall–Kier alpha value is -3.95. The molecule has 0 fully saturated rings. The molecule has 0 aliphatic heterocycles. The predicted molar refractivity (Wildman–Crippen MR) is 126 cm³/mol. The van der Waals surface area contributed by atoms with Gasteiger partial charge in [0.1, 0.15) is 5.82 Å². The van der Waals surface area contributed by atoms with E-state index in [1.54, 1.807) is 36.5 Å². The number of nitrogens with one attached hydrogen (secondary N) is 2. The fourth-order valence-electron chi connectivity index (χ4n) is 3.03. The largest absolute Gasteiger partial charge is 0.306 e. The minimum atomic E-state index is -4.01. The number of hydrogen-bond donors (Lipinski definition) is 2. The monoisotopic (exact) mass is 480 g/mol. The quantitative estimate of drug-likeness (QED) is 0.434. The third kappa shape index (κ3) is 5.11. The number of nitrogens with zero attached hydrogens (tertiary/aromatic N) is 2. The Kier molecular flexibility index (Phi) is 6.25. The number of hydrogen-bond acceptors (Lipinski definition) is 5. The van der Waals surface area contributed by atoms with Crippen molar-refractivity contribution >= 4 is 39.0 Å². The van der Waals surface area contributed by atoms with Crippen LogP contribution in [-0.4, -0.2) is 23.9 Å². The molecule has 2 aromatic carbocycles. The molecule has 0 spiro atoms. The molecular weight excluding hydrogens is 464 g/mol. The van der Waals surface area contributed by atoms with Crippen LogP contribution in [0, 0.1) is 0 Å². The van der Waals surface area contributed by atoms with Crippen LogP contribution in [0.1, 0.15) is 10.4 Å². The summed E-state index contributed by atoms with van der Waals surface area (Å²) in [4.78, 5) is 28.7. The SMILES string of the molecule is O=C(Nc1ccc(Cl)cn1)c1ccccc1NS(=O)(=O)c1ccc(-n2ccccc2=O)cc1. The van der Waals surface area contributed by atoms with Crippen molar-refractivity contribution in [2.24, 2.45) is 0 Å². The first-order valence-electron chi connectivity index (χ1n) is 9.66. The van der Waals surface area contributed by atoms with Gasteiger partial charge >= 0.3 is 0 Å². The molecule has 0 aliphatic carbocycles. The summed E-state index contributed by atoms with van der Waals surface area (Å²) in [5.41, 5.74) is 0.508. The van der Waals surface area contributed by atoms with E-state index in [1.807, 2.05) is 0 Å². The van der Waals surface area contributed by atoms with Crippen molar-refractivity contribution in [1.29, 1.82) is 0 Å². The van der Waals surface area contributed by atoms with Crippen molar-refractivity contribution in [3.05, 3.63) is 112 Å². The molecule has 0 radical (unpaired) electrons. The highest BCUT2D eigenvalue weighted by molar-refractivity contribution is 7.92. The molecule has 2 heterocycles. The van der Waals surface area contributed by atoms with E-state index in [9.17, 15) is 18.0 Å². The summed E-state index contributed by atoms with van der Waals surface area (Å²) in [6.07, 6.45) is 2.98. The standard InChI is InChI=1S/C23H17ClN4O4S/c24-16-8-13-21(25-15-16)26-23(30)19-5-1-2-6-20(19)27-33(31,32)18-11-9-17(10-12-18)28-14-4-3-7-22(28)29/h1-15,27H,(H,25,26,30). The highest BCUT2D eigenvalue weighted by Gasteiger charge is 2.19. The van der Waals surface area contributed by atoms with Gasteiger partial charge in [0, 0.05) is 24.1 Å². The molecule has 0 saturated carbocycles. The number of para-hydroxylation sites is 1. The molecular formula is C23H17ClN4O4S. The molecule has 0 aliphatic rings. The number of benzene rings is 2. The summed E-state index contributed by atoms with van der Waals surface area (Å²) < 4.78 is 29.7. The maximum absolute atomic E-state index is 12.9. The van der Waals surface area contributed by atoms with E-state index in [0.29, 0.717) is 10.7 Å². The molecule has 166 valence electrons. The fourth-order valence-corrected chi connectivity index (χ4v) is 4.23. The lowest BCUT2D eigenvalue weighted by Gasteiger charge is -2.13. The van der Waals surface area contributed by atoms with Crippen molar-refractivity contribution in [1.82, 2.24) is 9.55 Å². The van der Waals surface area contributed by atoms with E-state index in [2.05, 4.69) is 15.0 Å². The third-order valence-electron chi connectivity index (χ3n) is 4.63. The zero-order valence-electron chi connectivity index (χ0n) is 17.0. The number of rotatable bonds is 6. The second kappa shape index (κ2) is 9.27. The van der Waals surface area contributed by atoms with Gasteiger partial charge < -0.3 is 5.32 Å². The van der Waals surface area contributed by atoms with Crippen LogP contribution in [0.4, 0.5) is 11.5 Å². The molecule has 4 rings (SSSR count). The number of sulfonamides is 1. The van der Waals surface area contributed by atoms with Gasteiger partial charge in [-0.3, -0.25) is 18.9 Å². The minimum Gasteiger partial charge on any atom is -0.306 e. The molecule has 0 saturated heterocycles. The summed E-state index contributed by atoms with van der Waals surface area (Å²) in [6, 6.07) is 19.9. The molecule has 10 heteroatoms. The van der Waals surface area contributed by atoms with Crippen LogP contribution in [0.3, 0.4) is 0 Å². The number of aromatic nitrogens is 2. The van der Waals surface area contributed by atoms with E-state index >= 15 is 0 Å². The Labute approximate surface area is 194 Å². The number of carbonyl (C=O) groups excluding carboxylic acids is 1. The zero-order chi connectivity index (χ0) is 23.4. The smallest absolute Gasteiger partial charge is 0.261 e. The molecule has 0 bridgehead atoms.